The van der Waals surface area contributed by atoms with E-state index in [9.17, 15) is 30.0 Å². The van der Waals surface area contributed by atoms with Crippen LogP contribution in [0.15, 0.2) is 60.8 Å². The van der Waals surface area contributed by atoms with E-state index in [2.05, 4.69) is 74.6 Å². The lowest BCUT2D eigenvalue weighted by atomic mass is 9.99. The zero-order valence-electron chi connectivity index (χ0n) is 36.3. The molecule has 1 rings (SSSR count). The van der Waals surface area contributed by atoms with E-state index in [1.54, 1.807) is 0 Å². The van der Waals surface area contributed by atoms with Crippen LogP contribution in [0.5, 0.6) is 0 Å². The molecule has 6 atom stereocenters. The smallest absolute Gasteiger partial charge is 0.306 e. The molecule has 58 heavy (non-hydrogen) atoms. The van der Waals surface area contributed by atoms with Gasteiger partial charge in [0.15, 0.2) is 12.4 Å². The zero-order chi connectivity index (χ0) is 42.3. The monoisotopic (exact) mass is 819 g/mol. The molecule has 0 aromatic carbocycles. The minimum Gasteiger partial charge on any atom is -0.462 e. The third kappa shape index (κ3) is 29.6. The van der Waals surface area contributed by atoms with Gasteiger partial charge in [0.25, 0.3) is 0 Å². The van der Waals surface area contributed by atoms with Crippen molar-refractivity contribution in [1.82, 2.24) is 0 Å². The molecule has 0 aliphatic carbocycles. The largest absolute Gasteiger partial charge is 0.462 e. The summed E-state index contributed by atoms with van der Waals surface area (Å²) in [5.74, 6) is -0.847. The number of rotatable bonds is 37. The second-order valence-corrected chi connectivity index (χ2v) is 15.5. The molecule has 334 valence electrons. The first kappa shape index (κ1) is 53.4. The Hall–Kier alpha value is -2.60. The lowest BCUT2D eigenvalue weighted by molar-refractivity contribution is -0.305. The van der Waals surface area contributed by atoms with Gasteiger partial charge in [-0.1, -0.05) is 145 Å². The zero-order valence-corrected chi connectivity index (χ0v) is 36.3. The minimum atomic E-state index is -1.60. The third-order valence-electron chi connectivity index (χ3n) is 10.1. The molecule has 0 amide bonds. The van der Waals surface area contributed by atoms with Crippen molar-refractivity contribution in [2.24, 2.45) is 0 Å². The lowest BCUT2D eigenvalue weighted by Gasteiger charge is -2.39. The normalized spacial score (nSPS) is 20.7. The van der Waals surface area contributed by atoms with Crippen molar-refractivity contribution in [3.63, 3.8) is 0 Å². The molecule has 1 aliphatic rings. The number of esters is 2. The fourth-order valence-electron chi connectivity index (χ4n) is 6.53. The molecule has 1 fully saturated rings. The van der Waals surface area contributed by atoms with Crippen LogP contribution in [0, 0.1) is 0 Å². The van der Waals surface area contributed by atoms with Gasteiger partial charge in [0.2, 0.25) is 0 Å². The average Bonchev–Trinajstić information content (AvgIpc) is 3.22. The second kappa shape index (κ2) is 38.6. The van der Waals surface area contributed by atoms with Crippen LogP contribution >= 0.6 is 0 Å². The average molecular weight is 819 g/mol. The van der Waals surface area contributed by atoms with Gasteiger partial charge >= 0.3 is 11.9 Å². The van der Waals surface area contributed by atoms with Crippen molar-refractivity contribution >= 4 is 11.9 Å². The lowest BCUT2D eigenvalue weighted by Crippen LogP contribution is -2.59. The highest BCUT2D eigenvalue weighted by Crippen LogP contribution is 2.22. The Bertz CT molecular complexity index is 1130. The molecule has 10 nitrogen and oxygen atoms in total. The van der Waals surface area contributed by atoms with Gasteiger partial charge in [0.1, 0.15) is 31.0 Å². The first-order valence-corrected chi connectivity index (χ1v) is 22.9. The Morgan fingerprint density at radius 2 is 1.02 bits per heavy atom. The van der Waals surface area contributed by atoms with Crippen LogP contribution in [0.4, 0.5) is 0 Å². The van der Waals surface area contributed by atoms with Crippen molar-refractivity contribution in [3.8, 4) is 0 Å². The van der Waals surface area contributed by atoms with E-state index in [0.717, 1.165) is 83.5 Å². The first-order valence-electron chi connectivity index (χ1n) is 22.9. The van der Waals surface area contributed by atoms with Crippen molar-refractivity contribution in [1.29, 1.82) is 0 Å². The standard InChI is InChI=1S/C48H82O10/c1-3-5-7-9-11-13-15-17-19-21-23-25-27-29-31-33-35-37-44(51)57-41(40-56-48-47(54)46(53)45(52)42(38-49)58-48)39-55-43(50)36-34-32-30-28-26-24-22-20-18-16-14-12-10-8-6-4-2/h5,7,11,13,17,19-20,22-23,25,41-42,45-49,52-54H,3-4,6,8-10,12,14-16,18,21,24,26-40H2,1-2H3/b7-5-,13-11-,19-17-,22-20-,25-23-. The number of carbonyl (C=O) groups excluding carboxylic acids is 2. The molecule has 10 heteroatoms. The van der Waals surface area contributed by atoms with Gasteiger partial charge in [0, 0.05) is 12.8 Å². The molecule has 1 saturated heterocycles. The molecule has 0 saturated carbocycles. The van der Waals surface area contributed by atoms with E-state index in [-0.39, 0.29) is 26.1 Å². The van der Waals surface area contributed by atoms with E-state index >= 15 is 0 Å². The number of unbranched alkanes of at least 4 members (excludes halogenated alkanes) is 16. The van der Waals surface area contributed by atoms with Gasteiger partial charge in [-0.3, -0.25) is 9.59 Å². The molecule has 0 spiro atoms. The van der Waals surface area contributed by atoms with E-state index in [4.69, 9.17) is 18.9 Å². The summed E-state index contributed by atoms with van der Waals surface area (Å²) >= 11 is 0. The Morgan fingerprint density at radius 1 is 0.552 bits per heavy atom. The molecule has 1 heterocycles. The van der Waals surface area contributed by atoms with Crippen molar-refractivity contribution in [2.45, 2.75) is 211 Å². The maximum atomic E-state index is 12.8. The number of aliphatic hydroxyl groups excluding tert-OH is 4. The highest BCUT2D eigenvalue weighted by Gasteiger charge is 2.44. The van der Waals surface area contributed by atoms with E-state index in [1.807, 2.05) is 0 Å². The molecule has 0 aromatic rings. The van der Waals surface area contributed by atoms with Crippen LogP contribution in [0.3, 0.4) is 0 Å². The summed E-state index contributed by atoms with van der Waals surface area (Å²) in [6, 6.07) is 0. The fraction of sp³-hybridized carbons (Fsp3) is 0.750. The molecular formula is C48H82O10. The number of allylic oxidation sites excluding steroid dienone is 10. The molecule has 0 aromatic heterocycles. The van der Waals surface area contributed by atoms with Crippen LogP contribution < -0.4 is 0 Å². The van der Waals surface area contributed by atoms with Crippen LogP contribution in [0.25, 0.3) is 0 Å². The quantitative estimate of drug-likeness (QED) is 0.0271. The fourth-order valence-corrected chi connectivity index (χ4v) is 6.53. The predicted molar refractivity (Wildman–Crippen MR) is 233 cm³/mol. The maximum absolute atomic E-state index is 12.8. The second-order valence-electron chi connectivity index (χ2n) is 15.5. The predicted octanol–water partition coefficient (Wildman–Crippen LogP) is 9.83. The molecule has 0 radical (unpaired) electrons. The van der Waals surface area contributed by atoms with Gasteiger partial charge in [-0.2, -0.15) is 0 Å². The summed E-state index contributed by atoms with van der Waals surface area (Å²) in [6.45, 7) is 3.27. The topological polar surface area (TPSA) is 152 Å². The number of carbonyl (C=O) groups is 2. The molecule has 0 bridgehead atoms. The highest BCUT2D eigenvalue weighted by molar-refractivity contribution is 5.70. The Morgan fingerprint density at radius 3 is 1.55 bits per heavy atom. The molecule has 1 aliphatic heterocycles. The first-order chi connectivity index (χ1) is 28.3. The molecule has 6 unspecified atom stereocenters. The van der Waals surface area contributed by atoms with E-state index in [1.165, 1.54) is 51.4 Å². The van der Waals surface area contributed by atoms with Crippen LogP contribution in [0.1, 0.15) is 174 Å². The Kier molecular flexibility index (Phi) is 35.5. The highest BCUT2D eigenvalue weighted by atomic mass is 16.7. The van der Waals surface area contributed by atoms with Gasteiger partial charge in [-0.05, 0) is 77.0 Å². The number of hydrogen-bond donors (Lipinski definition) is 4. The SMILES string of the molecule is CC/C=C\C/C=C\C/C=C\C/C=C\CCCCCCC(=O)OC(COC(=O)CCCCCCC/C=C\CCCCCCCCC)COC1OC(CO)C(O)C(O)C1O. The van der Waals surface area contributed by atoms with E-state index in [0.29, 0.717) is 12.8 Å². The van der Waals surface area contributed by atoms with Gasteiger partial charge < -0.3 is 39.4 Å². The Labute approximate surface area is 351 Å². The summed E-state index contributed by atoms with van der Waals surface area (Å²) in [7, 11) is 0. The number of ether oxygens (including phenoxy) is 4. The van der Waals surface area contributed by atoms with Crippen molar-refractivity contribution < 1.29 is 49.0 Å². The number of aliphatic hydroxyl groups is 4. The molecular weight excluding hydrogens is 737 g/mol. The number of hydrogen-bond acceptors (Lipinski definition) is 10. The van der Waals surface area contributed by atoms with Crippen LogP contribution in [-0.4, -0.2) is 89.0 Å². The van der Waals surface area contributed by atoms with E-state index < -0.39 is 55.4 Å². The summed E-state index contributed by atoms with van der Waals surface area (Å²) in [5, 5.41) is 40.1. The summed E-state index contributed by atoms with van der Waals surface area (Å²) in [6.07, 6.45) is 39.4. The van der Waals surface area contributed by atoms with Crippen molar-refractivity contribution in [2.75, 3.05) is 19.8 Å². The van der Waals surface area contributed by atoms with Gasteiger partial charge in [-0.25, -0.2) is 0 Å². The third-order valence-corrected chi connectivity index (χ3v) is 10.1. The summed E-state index contributed by atoms with van der Waals surface area (Å²) in [5.41, 5.74) is 0. The van der Waals surface area contributed by atoms with Crippen molar-refractivity contribution in [3.05, 3.63) is 60.8 Å². The van der Waals surface area contributed by atoms with Crippen LogP contribution in [0.2, 0.25) is 0 Å². The maximum Gasteiger partial charge on any atom is 0.306 e. The Balaban J connectivity index is 2.35. The van der Waals surface area contributed by atoms with Gasteiger partial charge in [-0.15, -0.1) is 0 Å². The molecule has 4 N–H and O–H groups in total. The van der Waals surface area contributed by atoms with Gasteiger partial charge in [0.05, 0.1) is 13.2 Å². The summed E-state index contributed by atoms with van der Waals surface area (Å²) < 4.78 is 22.1. The minimum absolute atomic E-state index is 0.198. The summed E-state index contributed by atoms with van der Waals surface area (Å²) in [4.78, 5) is 25.3. The van der Waals surface area contributed by atoms with Crippen LogP contribution in [-0.2, 0) is 28.5 Å².